The number of hydrogen-bond donors (Lipinski definition) is 0. The number of ether oxygens (including phenoxy) is 1. The van der Waals surface area contributed by atoms with E-state index in [1.165, 1.54) is 0 Å². The van der Waals surface area contributed by atoms with Crippen molar-refractivity contribution in [1.82, 2.24) is 20.1 Å². The van der Waals surface area contributed by atoms with E-state index < -0.39 is 0 Å². The maximum Gasteiger partial charge on any atom is 0.272 e. The van der Waals surface area contributed by atoms with Crippen LogP contribution in [0.3, 0.4) is 0 Å². The van der Waals surface area contributed by atoms with Crippen LogP contribution in [0.1, 0.15) is 29.0 Å². The number of aryl methyl sites for hydroxylation is 1. The predicted molar refractivity (Wildman–Crippen MR) is 80.6 cm³/mol. The van der Waals surface area contributed by atoms with Crippen LogP contribution in [0.2, 0.25) is 0 Å². The molecule has 0 bridgehead atoms. The van der Waals surface area contributed by atoms with Gasteiger partial charge < -0.3 is 9.64 Å². The molecule has 1 amide bonds. The minimum atomic E-state index is -0.0570. The monoisotopic (exact) mass is 298 g/mol. The molecule has 1 fully saturated rings. The van der Waals surface area contributed by atoms with Gasteiger partial charge in [-0.3, -0.25) is 9.78 Å². The zero-order valence-electron chi connectivity index (χ0n) is 12.5. The third-order valence-electron chi connectivity index (χ3n) is 3.61. The molecule has 22 heavy (non-hydrogen) atoms. The Kier molecular flexibility index (Phi) is 4.27. The molecule has 2 aromatic rings. The maximum absolute atomic E-state index is 12.4. The van der Waals surface area contributed by atoms with Gasteiger partial charge in [-0.1, -0.05) is 6.07 Å². The van der Waals surface area contributed by atoms with Gasteiger partial charge >= 0.3 is 0 Å². The van der Waals surface area contributed by atoms with Crippen molar-refractivity contribution in [1.29, 1.82) is 0 Å². The van der Waals surface area contributed by atoms with Gasteiger partial charge in [0, 0.05) is 18.8 Å². The summed E-state index contributed by atoms with van der Waals surface area (Å²) >= 11 is 0. The van der Waals surface area contributed by atoms with Crippen molar-refractivity contribution < 1.29 is 9.53 Å². The van der Waals surface area contributed by atoms with E-state index in [4.69, 9.17) is 4.74 Å². The van der Waals surface area contributed by atoms with Crippen LogP contribution >= 0.6 is 0 Å². The smallest absolute Gasteiger partial charge is 0.272 e. The number of aromatic nitrogens is 3. The number of pyridine rings is 1. The number of rotatable bonds is 3. The summed E-state index contributed by atoms with van der Waals surface area (Å²) < 4.78 is 5.84. The van der Waals surface area contributed by atoms with E-state index in [0.717, 1.165) is 25.1 Å². The Morgan fingerprint density at radius 2 is 2.18 bits per heavy atom. The summed E-state index contributed by atoms with van der Waals surface area (Å²) in [4.78, 5) is 18.3. The van der Waals surface area contributed by atoms with Gasteiger partial charge in [0.1, 0.15) is 11.8 Å². The van der Waals surface area contributed by atoms with Crippen LogP contribution < -0.4 is 4.74 Å². The Morgan fingerprint density at radius 3 is 2.91 bits per heavy atom. The zero-order valence-corrected chi connectivity index (χ0v) is 12.5. The number of piperidine rings is 1. The summed E-state index contributed by atoms with van der Waals surface area (Å²) in [5.41, 5.74) is 1.32. The summed E-state index contributed by atoms with van der Waals surface area (Å²) in [7, 11) is 0. The number of carbonyl (C=O) groups is 1. The van der Waals surface area contributed by atoms with Gasteiger partial charge in [-0.05, 0) is 38.0 Å². The summed E-state index contributed by atoms with van der Waals surface area (Å²) in [6.07, 6.45) is 3.38. The molecule has 6 heteroatoms. The third kappa shape index (κ3) is 3.39. The van der Waals surface area contributed by atoms with Crippen LogP contribution in [-0.4, -0.2) is 45.2 Å². The molecule has 1 aliphatic heterocycles. The normalized spacial score (nSPS) is 18.0. The molecule has 0 aliphatic carbocycles. The first kappa shape index (κ1) is 14.4. The number of carbonyl (C=O) groups excluding carboxylic acids is 1. The lowest BCUT2D eigenvalue weighted by Gasteiger charge is -2.32. The fourth-order valence-electron chi connectivity index (χ4n) is 2.49. The molecule has 0 radical (unpaired) electrons. The van der Waals surface area contributed by atoms with Gasteiger partial charge in [-0.15, -0.1) is 5.10 Å². The molecule has 3 heterocycles. The highest BCUT2D eigenvalue weighted by Gasteiger charge is 2.26. The summed E-state index contributed by atoms with van der Waals surface area (Å²) in [6.45, 7) is 3.16. The first-order valence-electron chi connectivity index (χ1n) is 7.39. The lowest BCUT2D eigenvalue weighted by Crippen LogP contribution is -2.44. The van der Waals surface area contributed by atoms with Crippen molar-refractivity contribution in [2.45, 2.75) is 25.9 Å². The molecule has 1 atom stereocenters. The van der Waals surface area contributed by atoms with Crippen molar-refractivity contribution in [3.05, 3.63) is 47.9 Å². The highest BCUT2D eigenvalue weighted by Crippen LogP contribution is 2.17. The number of likely N-dealkylation sites (tertiary alicyclic amines) is 1. The summed E-state index contributed by atoms with van der Waals surface area (Å²) in [6, 6.07) is 9.02. The average molecular weight is 298 g/mol. The predicted octanol–water partition coefficient (Wildman–Crippen LogP) is 1.86. The van der Waals surface area contributed by atoms with E-state index in [1.54, 1.807) is 23.2 Å². The highest BCUT2D eigenvalue weighted by atomic mass is 16.5. The second-order valence-corrected chi connectivity index (χ2v) is 5.36. The highest BCUT2D eigenvalue weighted by molar-refractivity contribution is 5.92. The van der Waals surface area contributed by atoms with Gasteiger partial charge in [-0.25, -0.2) is 0 Å². The Labute approximate surface area is 129 Å². The quantitative estimate of drug-likeness (QED) is 0.865. The molecule has 2 aromatic heterocycles. The van der Waals surface area contributed by atoms with Gasteiger partial charge in [0.25, 0.3) is 5.91 Å². The second kappa shape index (κ2) is 6.51. The topological polar surface area (TPSA) is 68.2 Å². The molecule has 0 unspecified atom stereocenters. The van der Waals surface area contributed by atoms with Crippen molar-refractivity contribution in [3.63, 3.8) is 0 Å². The first-order valence-corrected chi connectivity index (χ1v) is 7.39. The molecule has 1 saturated heterocycles. The number of hydrogen-bond acceptors (Lipinski definition) is 5. The Morgan fingerprint density at radius 1 is 1.27 bits per heavy atom. The zero-order chi connectivity index (χ0) is 15.4. The van der Waals surface area contributed by atoms with E-state index in [1.807, 2.05) is 25.1 Å². The number of nitrogens with zero attached hydrogens (tertiary/aromatic N) is 4. The van der Waals surface area contributed by atoms with Crippen molar-refractivity contribution in [2.24, 2.45) is 0 Å². The van der Waals surface area contributed by atoms with E-state index in [0.29, 0.717) is 18.1 Å². The molecule has 1 aliphatic rings. The fraction of sp³-hybridized carbons (Fsp3) is 0.375. The molecule has 0 N–H and O–H groups in total. The summed E-state index contributed by atoms with van der Waals surface area (Å²) in [5, 5.41) is 7.99. The Hall–Kier alpha value is -2.50. The first-order chi connectivity index (χ1) is 10.7. The van der Waals surface area contributed by atoms with Crippen LogP contribution in [0, 0.1) is 6.92 Å². The molecule has 0 spiro atoms. The van der Waals surface area contributed by atoms with Crippen molar-refractivity contribution in [2.75, 3.05) is 13.1 Å². The summed E-state index contributed by atoms with van der Waals surface area (Å²) in [5.74, 6) is 0.451. The lowest BCUT2D eigenvalue weighted by molar-refractivity contribution is 0.0520. The van der Waals surface area contributed by atoms with E-state index in [2.05, 4.69) is 15.2 Å². The van der Waals surface area contributed by atoms with Crippen LogP contribution in [-0.2, 0) is 0 Å². The maximum atomic E-state index is 12.4. The molecule has 6 nitrogen and oxygen atoms in total. The van der Waals surface area contributed by atoms with Crippen molar-refractivity contribution in [3.8, 4) is 5.88 Å². The lowest BCUT2D eigenvalue weighted by atomic mass is 10.1. The van der Waals surface area contributed by atoms with Crippen LogP contribution in [0.4, 0.5) is 0 Å². The Balaban J connectivity index is 1.64. The molecule has 0 aromatic carbocycles. The van der Waals surface area contributed by atoms with Gasteiger partial charge in [-0.2, -0.15) is 5.10 Å². The minimum Gasteiger partial charge on any atom is -0.471 e. The average Bonchev–Trinajstić information content (AvgIpc) is 2.57. The van der Waals surface area contributed by atoms with Gasteiger partial charge in [0.2, 0.25) is 5.88 Å². The minimum absolute atomic E-state index is 0.0520. The van der Waals surface area contributed by atoms with Gasteiger partial charge in [0.05, 0.1) is 12.2 Å². The molecular formula is C16H18N4O2. The fourth-order valence-corrected chi connectivity index (χ4v) is 2.49. The van der Waals surface area contributed by atoms with Crippen molar-refractivity contribution >= 4 is 5.91 Å². The van der Waals surface area contributed by atoms with Crippen LogP contribution in [0.25, 0.3) is 0 Å². The molecule has 0 saturated carbocycles. The van der Waals surface area contributed by atoms with Gasteiger partial charge in [0.15, 0.2) is 0 Å². The molecule has 3 rings (SSSR count). The van der Waals surface area contributed by atoms with E-state index in [9.17, 15) is 4.79 Å². The van der Waals surface area contributed by atoms with Crippen LogP contribution in [0.15, 0.2) is 36.5 Å². The van der Waals surface area contributed by atoms with E-state index >= 15 is 0 Å². The Bertz CT molecular complexity index is 630. The standard InChI is InChI=1S/C16H18N4O2/c1-12-7-8-15(19-18-12)22-13-5-4-10-20(11-13)16(21)14-6-2-3-9-17-14/h2-3,6-9,13H,4-5,10-11H2,1H3/t13-/m1/s1. The molecule has 114 valence electrons. The SMILES string of the molecule is Cc1ccc(O[C@@H]2CCCN(C(=O)c3ccccn3)C2)nn1. The third-order valence-corrected chi connectivity index (χ3v) is 3.61. The second-order valence-electron chi connectivity index (χ2n) is 5.36. The van der Waals surface area contributed by atoms with Crippen LogP contribution in [0.5, 0.6) is 5.88 Å². The number of amides is 1. The van der Waals surface area contributed by atoms with E-state index in [-0.39, 0.29) is 12.0 Å². The molecular weight excluding hydrogens is 280 g/mol. The largest absolute Gasteiger partial charge is 0.471 e.